The number of alkyl halides is 5. The van der Waals surface area contributed by atoms with E-state index in [9.17, 15) is 22.0 Å². The fraction of sp³-hybridized carbons (Fsp3) is 0.444. The number of rotatable bonds is 4. The van der Waals surface area contributed by atoms with Crippen LogP contribution in [0.25, 0.3) is 0 Å². The lowest BCUT2D eigenvalue weighted by molar-refractivity contribution is -0.137. The van der Waals surface area contributed by atoms with Gasteiger partial charge in [0.2, 0.25) is 0 Å². The van der Waals surface area contributed by atoms with E-state index in [0.717, 1.165) is 18.3 Å². The maximum atomic E-state index is 12.8. The van der Waals surface area contributed by atoms with Gasteiger partial charge in [-0.1, -0.05) is 0 Å². The van der Waals surface area contributed by atoms with Gasteiger partial charge in [0, 0.05) is 6.20 Å². The van der Waals surface area contributed by atoms with Crippen molar-refractivity contribution in [1.29, 1.82) is 0 Å². The van der Waals surface area contributed by atoms with Crippen molar-refractivity contribution in [3.63, 3.8) is 0 Å². The van der Waals surface area contributed by atoms with Crippen LogP contribution in [0.2, 0.25) is 0 Å². The molecule has 0 aromatic carbocycles. The monoisotopic (exact) mass is 255 g/mol. The van der Waals surface area contributed by atoms with E-state index >= 15 is 0 Å². The van der Waals surface area contributed by atoms with Crippen LogP contribution in [-0.4, -0.2) is 24.0 Å². The maximum absolute atomic E-state index is 12.8. The lowest BCUT2D eigenvalue weighted by Gasteiger charge is -2.17. The smallest absolute Gasteiger partial charge is 0.363 e. The van der Waals surface area contributed by atoms with E-state index < -0.39 is 36.6 Å². The van der Waals surface area contributed by atoms with Gasteiger partial charge < -0.3 is 11.1 Å². The third kappa shape index (κ3) is 3.81. The third-order valence-electron chi connectivity index (χ3n) is 1.93. The second-order valence-electron chi connectivity index (χ2n) is 3.31. The van der Waals surface area contributed by atoms with Crippen molar-refractivity contribution in [3.05, 3.63) is 23.9 Å². The number of nitrogens with zero attached hydrogens (tertiary/aromatic N) is 1. The molecule has 0 aliphatic rings. The number of nitrogens with two attached hydrogens (primary N) is 1. The molecule has 0 saturated heterocycles. The molecule has 1 aromatic rings. The van der Waals surface area contributed by atoms with Gasteiger partial charge in [-0.15, -0.1) is 0 Å². The second kappa shape index (κ2) is 4.82. The molecule has 1 heterocycles. The molecule has 1 rings (SSSR count). The van der Waals surface area contributed by atoms with Gasteiger partial charge in [-0.2, -0.15) is 13.2 Å². The van der Waals surface area contributed by atoms with Crippen molar-refractivity contribution in [2.24, 2.45) is 5.73 Å². The Morgan fingerprint density at radius 3 is 2.41 bits per heavy atom. The Morgan fingerprint density at radius 2 is 1.88 bits per heavy atom. The minimum absolute atomic E-state index is 0.631. The summed E-state index contributed by atoms with van der Waals surface area (Å²) in [6.07, 6.45) is -3.56. The first-order chi connectivity index (χ1) is 7.76. The summed E-state index contributed by atoms with van der Waals surface area (Å²) in [5, 5.41) is 1.95. The Bertz CT molecular complexity index is 377. The first kappa shape index (κ1) is 13.6. The Balaban J connectivity index is 2.85. The van der Waals surface area contributed by atoms with Crippen LogP contribution in [0.3, 0.4) is 0 Å². The van der Waals surface area contributed by atoms with Crippen molar-refractivity contribution < 1.29 is 22.0 Å². The molecule has 0 unspecified atom stereocenters. The van der Waals surface area contributed by atoms with E-state index in [0.29, 0.717) is 0 Å². The normalized spacial score (nSPS) is 12.6. The topological polar surface area (TPSA) is 50.9 Å². The summed E-state index contributed by atoms with van der Waals surface area (Å²) < 4.78 is 62.9. The van der Waals surface area contributed by atoms with Crippen LogP contribution in [0, 0.1) is 0 Å². The molecule has 3 nitrogen and oxygen atoms in total. The number of hydrogen-bond donors (Lipinski definition) is 2. The van der Waals surface area contributed by atoms with E-state index in [-0.39, 0.29) is 0 Å². The summed E-state index contributed by atoms with van der Waals surface area (Å²) in [5.41, 5.74) is 3.67. The highest BCUT2D eigenvalue weighted by atomic mass is 19.4. The minimum Gasteiger partial charge on any atom is -0.363 e. The number of halogens is 5. The number of hydrogen-bond acceptors (Lipinski definition) is 3. The van der Waals surface area contributed by atoms with Crippen molar-refractivity contribution in [1.82, 2.24) is 4.98 Å². The Kier molecular flexibility index (Phi) is 3.87. The van der Waals surface area contributed by atoms with E-state index in [4.69, 9.17) is 5.73 Å². The molecule has 0 radical (unpaired) electrons. The molecule has 0 fully saturated rings. The van der Waals surface area contributed by atoms with Gasteiger partial charge in [-0.3, -0.25) is 0 Å². The number of nitrogens with one attached hydrogen (secondary N) is 1. The Morgan fingerprint density at radius 1 is 1.24 bits per heavy atom. The lowest BCUT2D eigenvalue weighted by atomic mass is 10.2. The average Bonchev–Trinajstić information content (AvgIpc) is 2.26. The van der Waals surface area contributed by atoms with Crippen LogP contribution >= 0.6 is 0 Å². The molecule has 17 heavy (non-hydrogen) atoms. The molecule has 0 aliphatic carbocycles. The molecule has 0 amide bonds. The molecular formula is C9H10F5N3. The molecule has 0 saturated carbocycles. The molecule has 8 heteroatoms. The van der Waals surface area contributed by atoms with Crippen LogP contribution < -0.4 is 11.1 Å². The van der Waals surface area contributed by atoms with E-state index in [1.54, 1.807) is 0 Å². The first-order valence-corrected chi connectivity index (χ1v) is 4.60. The number of pyridine rings is 1. The molecular weight excluding hydrogens is 245 g/mol. The fourth-order valence-corrected chi connectivity index (χ4v) is 1.06. The maximum Gasteiger partial charge on any atom is 0.419 e. The molecule has 1 aromatic heterocycles. The number of aromatic nitrogens is 1. The van der Waals surface area contributed by atoms with Gasteiger partial charge >= 0.3 is 6.18 Å². The first-order valence-electron chi connectivity index (χ1n) is 4.60. The number of anilines is 1. The van der Waals surface area contributed by atoms with Crippen LogP contribution in [-0.2, 0) is 6.18 Å². The van der Waals surface area contributed by atoms with Crippen molar-refractivity contribution in [2.45, 2.75) is 12.1 Å². The standard InChI is InChI=1S/C9H10F5N3/c10-8(11,4-15)5-17-7-6(9(12,13)14)2-1-3-16-7/h1-3H,4-5,15H2,(H,16,17). The quantitative estimate of drug-likeness (QED) is 0.810. The zero-order valence-corrected chi connectivity index (χ0v) is 8.56. The molecule has 3 N–H and O–H groups in total. The van der Waals surface area contributed by atoms with Gasteiger partial charge in [-0.25, -0.2) is 13.8 Å². The summed E-state index contributed by atoms with van der Waals surface area (Å²) in [5.74, 6) is -3.91. The predicted molar refractivity (Wildman–Crippen MR) is 51.7 cm³/mol. The highest BCUT2D eigenvalue weighted by Gasteiger charge is 2.35. The van der Waals surface area contributed by atoms with Crippen molar-refractivity contribution in [3.8, 4) is 0 Å². The fourth-order valence-electron chi connectivity index (χ4n) is 1.06. The highest BCUT2D eigenvalue weighted by molar-refractivity contribution is 5.45. The molecule has 0 aliphatic heterocycles. The molecule has 96 valence electrons. The third-order valence-corrected chi connectivity index (χ3v) is 1.93. The largest absolute Gasteiger partial charge is 0.419 e. The molecule has 0 spiro atoms. The van der Waals surface area contributed by atoms with Gasteiger partial charge in [0.1, 0.15) is 5.82 Å². The van der Waals surface area contributed by atoms with Crippen molar-refractivity contribution in [2.75, 3.05) is 18.4 Å². The summed E-state index contributed by atoms with van der Waals surface area (Å²) in [4.78, 5) is 3.38. The van der Waals surface area contributed by atoms with Gasteiger partial charge in [0.15, 0.2) is 0 Å². The molecule has 0 atom stereocenters. The van der Waals surface area contributed by atoms with E-state index in [1.807, 2.05) is 5.32 Å². The molecule has 0 bridgehead atoms. The zero-order valence-electron chi connectivity index (χ0n) is 8.56. The van der Waals surface area contributed by atoms with Gasteiger partial charge in [-0.05, 0) is 12.1 Å². The zero-order chi connectivity index (χ0) is 13.1. The summed E-state index contributed by atoms with van der Waals surface area (Å²) in [6.45, 7) is -1.95. The van der Waals surface area contributed by atoms with Crippen molar-refractivity contribution >= 4 is 5.82 Å². The van der Waals surface area contributed by atoms with Crippen LogP contribution in [0.5, 0.6) is 0 Å². The van der Waals surface area contributed by atoms with E-state index in [1.165, 1.54) is 0 Å². The van der Waals surface area contributed by atoms with Gasteiger partial charge in [0.25, 0.3) is 5.92 Å². The second-order valence-corrected chi connectivity index (χ2v) is 3.31. The van der Waals surface area contributed by atoms with Crippen LogP contribution in [0.15, 0.2) is 18.3 Å². The highest BCUT2D eigenvalue weighted by Crippen LogP contribution is 2.33. The Hall–Kier alpha value is -1.44. The lowest BCUT2D eigenvalue weighted by Crippen LogP contribution is -2.35. The summed E-state index contributed by atoms with van der Waals surface area (Å²) in [6, 6.07) is 1.84. The SMILES string of the molecule is NCC(F)(F)CNc1ncccc1C(F)(F)F. The van der Waals surface area contributed by atoms with Gasteiger partial charge in [0.05, 0.1) is 18.7 Å². The van der Waals surface area contributed by atoms with E-state index in [2.05, 4.69) is 4.98 Å². The van der Waals surface area contributed by atoms with Crippen LogP contribution in [0.1, 0.15) is 5.56 Å². The minimum atomic E-state index is -4.64. The summed E-state index contributed by atoms with van der Waals surface area (Å²) >= 11 is 0. The van der Waals surface area contributed by atoms with Crippen LogP contribution in [0.4, 0.5) is 27.8 Å². The Labute approximate surface area is 93.8 Å². The predicted octanol–water partition coefficient (Wildman–Crippen LogP) is 2.11. The summed E-state index contributed by atoms with van der Waals surface area (Å²) in [7, 11) is 0. The average molecular weight is 255 g/mol.